The van der Waals surface area contributed by atoms with Crippen molar-refractivity contribution in [2.45, 2.75) is 6.54 Å². The first kappa shape index (κ1) is 14.6. The van der Waals surface area contributed by atoms with Gasteiger partial charge in [-0.2, -0.15) is 0 Å². The molecule has 0 bridgehead atoms. The quantitative estimate of drug-likeness (QED) is 0.863. The smallest absolute Gasteiger partial charge is 0.319 e. The van der Waals surface area contributed by atoms with Crippen molar-refractivity contribution in [1.82, 2.24) is 5.32 Å². The molecule has 2 rings (SSSR count). The lowest BCUT2D eigenvalue weighted by Crippen LogP contribution is -2.28. The summed E-state index contributed by atoms with van der Waals surface area (Å²) in [6.45, 7) is 0.364. The van der Waals surface area contributed by atoms with E-state index in [1.165, 1.54) is 0 Å². The Labute approximate surface area is 125 Å². The van der Waals surface area contributed by atoms with Crippen molar-refractivity contribution in [3.63, 3.8) is 0 Å². The van der Waals surface area contributed by atoms with E-state index in [2.05, 4.69) is 10.6 Å². The van der Waals surface area contributed by atoms with Gasteiger partial charge in [0.2, 0.25) is 0 Å². The van der Waals surface area contributed by atoms with Crippen LogP contribution in [0.4, 0.5) is 14.9 Å². The van der Waals surface area contributed by atoms with Gasteiger partial charge in [0.05, 0.1) is 15.7 Å². The molecular weight excluding hydrogens is 302 g/mol. The van der Waals surface area contributed by atoms with Crippen LogP contribution in [0, 0.1) is 5.82 Å². The summed E-state index contributed by atoms with van der Waals surface area (Å²) in [7, 11) is 0. The zero-order chi connectivity index (χ0) is 14.5. The summed E-state index contributed by atoms with van der Waals surface area (Å²) in [4.78, 5) is 11.7. The van der Waals surface area contributed by atoms with E-state index >= 15 is 0 Å². The molecule has 0 atom stereocenters. The fourth-order valence-corrected chi connectivity index (χ4v) is 2.15. The topological polar surface area (TPSA) is 41.1 Å². The first-order valence-corrected chi connectivity index (χ1v) is 6.55. The maximum absolute atomic E-state index is 13.0. The second-order valence-electron chi connectivity index (χ2n) is 4.04. The predicted octanol–water partition coefficient (Wildman–Crippen LogP) is 4.45. The summed E-state index contributed by atoms with van der Waals surface area (Å²) in [5.41, 5.74) is 1.14. The van der Waals surface area contributed by atoms with E-state index in [1.807, 2.05) is 30.3 Å². The summed E-state index contributed by atoms with van der Waals surface area (Å²) in [6, 6.07) is 11.1. The van der Waals surface area contributed by atoms with Gasteiger partial charge in [0, 0.05) is 6.54 Å². The molecule has 2 aromatic rings. The Morgan fingerprint density at radius 1 is 1.10 bits per heavy atom. The number of anilines is 1. The average Bonchev–Trinajstić information content (AvgIpc) is 2.42. The van der Waals surface area contributed by atoms with E-state index in [-0.39, 0.29) is 15.7 Å². The van der Waals surface area contributed by atoms with Crippen LogP contribution < -0.4 is 10.6 Å². The second-order valence-corrected chi connectivity index (χ2v) is 4.85. The van der Waals surface area contributed by atoms with Crippen LogP contribution in [0.2, 0.25) is 10.0 Å². The molecule has 20 heavy (non-hydrogen) atoms. The highest BCUT2D eigenvalue weighted by Crippen LogP contribution is 2.31. The summed E-state index contributed by atoms with van der Waals surface area (Å²) in [5, 5.41) is 5.24. The number of benzene rings is 2. The Morgan fingerprint density at radius 3 is 2.30 bits per heavy atom. The van der Waals surface area contributed by atoms with E-state index in [0.717, 1.165) is 17.7 Å². The van der Waals surface area contributed by atoms with E-state index in [0.29, 0.717) is 6.54 Å². The molecule has 0 saturated heterocycles. The van der Waals surface area contributed by atoms with Crippen molar-refractivity contribution in [3.8, 4) is 0 Å². The number of halogens is 3. The Morgan fingerprint density at radius 2 is 1.70 bits per heavy atom. The molecule has 0 radical (unpaired) electrons. The van der Waals surface area contributed by atoms with E-state index in [1.54, 1.807) is 0 Å². The summed E-state index contributed by atoms with van der Waals surface area (Å²) >= 11 is 11.7. The molecule has 0 saturated carbocycles. The number of amides is 2. The van der Waals surface area contributed by atoms with Crippen LogP contribution in [0.15, 0.2) is 42.5 Å². The Bertz CT molecular complexity index is 597. The van der Waals surface area contributed by atoms with Crippen LogP contribution in [0.1, 0.15) is 5.56 Å². The first-order chi connectivity index (χ1) is 9.56. The molecule has 2 N–H and O–H groups in total. The third kappa shape index (κ3) is 3.85. The van der Waals surface area contributed by atoms with Crippen molar-refractivity contribution in [2.75, 3.05) is 5.32 Å². The van der Waals surface area contributed by atoms with Crippen molar-refractivity contribution in [3.05, 3.63) is 63.9 Å². The predicted molar refractivity (Wildman–Crippen MR) is 78.7 cm³/mol. The molecule has 0 heterocycles. The lowest BCUT2D eigenvalue weighted by atomic mass is 10.2. The number of carbonyl (C=O) groups excluding carboxylic acids is 1. The molecule has 3 nitrogen and oxygen atoms in total. The average molecular weight is 313 g/mol. The zero-order valence-electron chi connectivity index (χ0n) is 10.3. The lowest BCUT2D eigenvalue weighted by molar-refractivity contribution is 0.251. The van der Waals surface area contributed by atoms with Gasteiger partial charge in [0.1, 0.15) is 5.82 Å². The molecule has 104 valence electrons. The van der Waals surface area contributed by atoms with Crippen molar-refractivity contribution in [2.24, 2.45) is 0 Å². The maximum Gasteiger partial charge on any atom is 0.319 e. The number of hydrogen-bond donors (Lipinski definition) is 2. The molecule has 6 heteroatoms. The minimum atomic E-state index is -0.560. The summed E-state index contributed by atoms with van der Waals surface area (Å²) in [5.74, 6) is -0.560. The maximum atomic E-state index is 13.0. The molecule has 0 fully saturated rings. The third-order valence-corrected chi connectivity index (χ3v) is 3.14. The molecule has 0 aliphatic heterocycles. The number of hydrogen-bond acceptors (Lipinski definition) is 1. The molecule has 0 aliphatic rings. The minimum absolute atomic E-state index is 0.0462. The molecule has 0 aliphatic carbocycles. The van der Waals surface area contributed by atoms with Gasteiger partial charge >= 0.3 is 6.03 Å². The van der Waals surface area contributed by atoms with Crippen molar-refractivity contribution < 1.29 is 9.18 Å². The highest BCUT2D eigenvalue weighted by molar-refractivity contribution is 6.39. The van der Waals surface area contributed by atoms with Gasteiger partial charge in [-0.15, -0.1) is 0 Å². The summed E-state index contributed by atoms with van der Waals surface area (Å²) < 4.78 is 13.0. The van der Waals surface area contributed by atoms with Crippen LogP contribution in [-0.4, -0.2) is 6.03 Å². The SMILES string of the molecule is O=C(NCc1ccccc1)Nc1c(Cl)cc(F)cc1Cl. The van der Waals surface area contributed by atoms with Crippen LogP contribution >= 0.6 is 23.2 Å². The third-order valence-electron chi connectivity index (χ3n) is 2.54. The fraction of sp³-hybridized carbons (Fsp3) is 0.0714. The number of carbonyl (C=O) groups is 1. The van der Waals surface area contributed by atoms with Gasteiger partial charge in [-0.1, -0.05) is 53.5 Å². The lowest BCUT2D eigenvalue weighted by Gasteiger charge is -2.10. The highest BCUT2D eigenvalue weighted by Gasteiger charge is 2.11. The number of urea groups is 1. The Hall–Kier alpha value is -1.78. The Balaban J connectivity index is 1.98. The van der Waals surface area contributed by atoms with Gasteiger partial charge in [-0.3, -0.25) is 0 Å². The standard InChI is InChI=1S/C14H11Cl2FN2O/c15-11-6-10(17)7-12(16)13(11)19-14(20)18-8-9-4-2-1-3-5-9/h1-7H,8H2,(H2,18,19,20). The van der Waals surface area contributed by atoms with E-state index in [4.69, 9.17) is 23.2 Å². The second kappa shape index (κ2) is 6.59. The van der Waals surface area contributed by atoms with Gasteiger partial charge < -0.3 is 10.6 Å². The molecule has 2 aromatic carbocycles. The van der Waals surface area contributed by atoms with Crippen molar-refractivity contribution in [1.29, 1.82) is 0 Å². The van der Waals surface area contributed by atoms with Crippen LogP contribution in [-0.2, 0) is 6.54 Å². The molecule has 0 aromatic heterocycles. The summed E-state index contributed by atoms with van der Waals surface area (Å²) in [6.07, 6.45) is 0. The Kier molecular flexibility index (Phi) is 4.82. The number of rotatable bonds is 3. The largest absolute Gasteiger partial charge is 0.334 e. The van der Waals surface area contributed by atoms with Crippen LogP contribution in [0.3, 0.4) is 0 Å². The van der Waals surface area contributed by atoms with E-state index in [9.17, 15) is 9.18 Å². The van der Waals surface area contributed by atoms with Gasteiger partial charge in [0.15, 0.2) is 0 Å². The molecule has 0 unspecified atom stereocenters. The highest BCUT2D eigenvalue weighted by atomic mass is 35.5. The molecule has 0 spiro atoms. The van der Waals surface area contributed by atoms with E-state index < -0.39 is 11.8 Å². The van der Waals surface area contributed by atoms with Gasteiger partial charge in [-0.05, 0) is 17.7 Å². The minimum Gasteiger partial charge on any atom is -0.334 e. The fourth-order valence-electron chi connectivity index (χ4n) is 1.60. The first-order valence-electron chi connectivity index (χ1n) is 5.79. The number of nitrogens with one attached hydrogen (secondary N) is 2. The van der Waals surface area contributed by atoms with Crippen LogP contribution in [0.5, 0.6) is 0 Å². The normalized spacial score (nSPS) is 10.2. The monoisotopic (exact) mass is 312 g/mol. The zero-order valence-corrected chi connectivity index (χ0v) is 11.8. The molecule has 2 amide bonds. The van der Waals surface area contributed by atoms with Gasteiger partial charge in [0.25, 0.3) is 0 Å². The molecular formula is C14H11Cl2FN2O. The van der Waals surface area contributed by atoms with Gasteiger partial charge in [-0.25, -0.2) is 9.18 Å². The van der Waals surface area contributed by atoms with Crippen molar-refractivity contribution >= 4 is 34.9 Å². The van der Waals surface area contributed by atoms with Crippen LogP contribution in [0.25, 0.3) is 0 Å².